The Morgan fingerprint density at radius 3 is 2.37 bits per heavy atom. The van der Waals surface area contributed by atoms with Crippen LogP contribution in [0.3, 0.4) is 0 Å². The summed E-state index contributed by atoms with van der Waals surface area (Å²) in [4.78, 5) is 0. The molecule has 2 rings (SSSR count). The van der Waals surface area contributed by atoms with E-state index in [4.69, 9.17) is 28.9 Å². The molecule has 0 fully saturated rings. The first-order valence-corrected chi connectivity index (χ1v) is 6.93. The molecule has 0 aliphatic heterocycles. The van der Waals surface area contributed by atoms with Crippen molar-refractivity contribution in [1.29, 1.82) is 0 Å². The minimum atomic E-state index is 0.195. The van der Waals surface area contributed by atoms with Crippen LogP contribution >= 0.6 is 23.2 Å². The van der Waals surface area contributed by atoms with Gasteiger partial charge in [-0.2, -0.15) is 0 Å². The van der Waals surface area contributed by atoms with E-state index in [0.717, 1.165) is 12.1 Å². The molecule has 100 valence electrons. The molecule has 0 aliphatic carbocycles. The predicted molar refractivity (Wildman–Crippen MR) is 84.0 cm³/mol. The fourth-order valence-electron chi connectivity index (χ4n) is 1.98. The maximum Gasteiger partial charge on any atom is 0.0614 e. The highest BCUT2D eigenvalue weighted by Crippen LogP contribution is 2.33. The Labute approximate surface area is 123 Å². The maximum atomic E-state index is 6.03. The molecule has 2 nitrogen and oxygen atoms in total. The number of halogens is 2. The van der Waals surface area contributed by atoms with Crippen molar-refractivity contribution >= 4 is 34.6 Å². The van der Waals surface area contributed by atoms with Gasteiger partial charge in [0.05, 0.1) is 27.5 Å². The van der Waals surface area contributed by atoms with Crippen molar-refractivity contribution in [2.75, 3.05) is 11.1 Å². The lowest BCUT2D eigenvalue weighted by atomic mass is 10.0. The van der Waals surface area contributed by atoms with Gasteiger partial charge in [-0.25, -0.2) is 0 Å². The third kappa shape index (κ3) is 3.34. The van der Waals surface area contributed by atoms with Crippen LogP contribution in [0.2, 0.25) is 10.0 Å². The van der Waals surface area contributed by atoms with Crippen LogP contribution < -0.4 is 11.1 Å². The van der Waals surface area contributed by atoms with E-state index in [-0.39, 0.29) is 6.04 Å². The second-order valence-corrected chi connectivity index (χ2v) is 5.18. The van der Waals surface area contributed by atoms with E-state index in [1.807, 2.05) is 18.2 Å². The van der Waals surface area contributed by atoms with E-state index in [1.54, 1.807) is 12.1 Å². The van der Waals surface area contributed by atoms with Crippen molar-refractivity contribution in [1.82, 2.24) is 0 Å². The van der Waals surface area contributed by atoms with Gasteiger partial charge in [0, 0.05) is 0 Å². The van der Waals surface area contributed by atoms with E-state index in [0.29, 0.717) is 15.7 Å². The summed E-state index contributed by atoms with van der Waals surface area (Å²) in [7, 11) is 0. The number of nitrogen functional groups attached to an aromatic ring is 1. The predicted octanol–water partition coefficient (Wildman–Crippen LogP) is 5.14. The van der Waals surface area contributed by atoms with E-state index in [2.05, 4.69) is 24.4 Å². The standard InChI is InChI=1S/C15H16Cl2N2/c1-2-14(10-6-4-3-5-7-10)19-15-9-12(17)11(16)8-13(15)18/h3-9,14,19H,2,18H2,1H3. The van der Waals surface area contributed by atoms with E-state index in [9.17, 15) is 0 Å². The molecule has 2 aromatic carbocycles. The van der Waals surface area contributed by atoms with Crippen molar-refractivity contribution in [2.24, 2.45) is 0 Å². The van der Waals surface area contributed by atoms with Crippen LogP contribution in [0.25, 0.3) is 0 Å². The van der Waals surface area contributed by atoms with Crippen molar-refractivity contribution in [3.8, 4) is 0 Å². The lowest BCUT2D eigenvalue weighted by Gasteiger charge is -2.20. The van der Waals surface area contributed by atoms with E-state index in [1.165, 1.54) is 5.56 Å². The fourth-order valence-corrected chi connectivity index (χ4v) is 2.32. The number of benzene rings is 2. The van der Waals surface area contributed by atoms with Crippen LogP contribution in [0, 0.1) is 0 Å². The monoisotopic (exact) mass is 294 g/mol. The van der Waals surface area contributed by atoms with Gasteiger partial charge >= 0.3 is 0 Å². The zero-order valence-corrected chi connectivity index (χ0v) is 12.2. The second kappa shape index (κ2) is 6.18. The molecule has 19 heavy (non-hydrogen) atoms. The molecule has 0 radical (unpaired) electrons. The van der Waals surface area contributed by atoms with Gasteiger partial charge in [0.2, 0.25) is 0 Å². The highest BCUT2D eigenvalue weighted by Gasteiger charge is 2.11. The zero-order chi connectivity index (χ0) is 13.8. The van der Waals surface area contributed by atoms with Crippen molar-refractivity contribution < 1.29 is 0 Å². The average Bonchev–Trinajstić information content (AvgIpc) is 2.42. The topological polar surface area (TPSA) is 38.0 Å². The average molecular weight is 295 g/mol. The summed E-state index contributed by atoms with van der Waals surface area (Å²) in [6.07, 6.45) is 0.948. The normalized spacial score (nSPS) is 12.2. The summed E-state index contributed by atoms with van der Waals surface area (Å²) in [5.74, 6) is 0. The first-order chi connectivity index (χ1) is 9.11. The SMILES string of the molecule is CCC(Nc1cc(Cl)c(Cl)cc1N)c1ccccc1. The molecule has 3 N–H and O–H groups in total. The highest BCUT2D eigenvalue weighted by atomic mass is 35.5. The molecule has 0 amide bonds. The first kappa shape index (κ1) is 14.0. The van der Waals surface area contributed by atoms with Gasteiger partial charge < -0.3 is 11.1 Å². The smallest absolute Gasteiger partial charge is 0.0614 e. The largest absolute Gasteiger partial charge is 0.397 e. The van der Waals surface area contributed by atoms with Gasteiger partial charge in [0.15, 0.2) is 0 Å². The van der Waals surface area contributed by atoms with Crippen LogP contribution in [-0.4, -0.2) is 0 Å². The molecule has 0 saturated carbocycles. The van der Waals surface area contributed by atoms with Gasteiger partial charge in [0.25, 0.3) is 0 Å². The zero-order valence-electron chi connectivity index (χ0n) is 10.7. The molecule has 1 unspecified atom stereocenters. The molecule has 0 bridgehead atoms. The highest BCUT2D eigenvalue weighted by molar-refractivity contribution is 6.42. The molecular weight excluding hydrogens is 279 g/mol. The molecule has 0 saturated heterocycles. The molecule has 2 aromatic rings. The van der Waals surface area contributed by atoms with Crippen LogP contribution in [0.4, 0.5) is 11.4 Å². The Balaban J connectivity index is 2.26. The van der Waals surface area contributed by atoms with Crippen LogP contribution in [0.5, 0.6) is 0 Å². The molecule has 0 aliphatic rings. The van der Waals surface area contributed by atoms with Gasteiger partial charge in [-0.1, -0.05) is 60.5 Å². The summed E-state index contributed by atoms with van der Waals surface area (Å²) < 4.78 is 0. The number of hydrogen-bond donors (Lipinski definition) is 2. The van der Waals surface area contributed by atoms with Crippen molar-refractivity contribution in [3.63, 3.8) is 0 Å². The molecular formula is C15H16Cl2N2. The molecule has 4 heteroatoms. The Kier molecular flexibility index (Phi) is 4.56. The lowest BCUT2D eigenvalue weighted by Crippen LogP contribution is -2.11. The van der Waals surface area contributed by atoms with Gasteiger partial charge in [-0.3, -0.25) is 0 Å². The lowest BCUT2D eigenvalue weighted by molar-refractivity contribution is 0.750. The first-order valence-electron chi connectivity index (χ1n) is 6.17. The fraction of sp³-hybridized carbons (Fsp3) is 0.200. The number of nitrogens with two attached hydrogens (primary N) is 1. The van der Waals surface area contributed by atoms with Crippen molar-refractivity contribution in [2.45, 2.75) is 19.4 Å². The minimum Gasteiger partial charge on any atom is -0.397 e. The Morgan fingerprint density at radius 2 is 1.74 bits per heavy atom. The van der Waals surface area contributed by atoms with E-state index >= 15 is 0 Å². The third-order valence-electron chi connectivity index (χ3n) is 3.03. The van der Waals surface area contributed by atoms with Crippen LogP contribution in [0.15, 0.2) is 42.5 Å². The number of nitrogens with one attached hydrogen (secondary N) is 1. The summed E-state index contributed by atoms with van der Waals surface area (Å²) in [6, 6.07) is 13.9. The summed E-state index contributed by atoms with van der Waals surface area (Å²) >= 11 is 12.0. The third-order valence-corrected chi connectivity index (χ3v) is 3.75. The maximum absolute atomic E-state index is 6.03. The quantitative estimate of drug-likeness (QED) is 0.766. The summed E-state index contributed by atoms with van der Waals surface area (Å²) in [5, 5.41) is 4.38. The molecule has 0 aromatic heterocycles. The molecule has 1 atom stereocenters. The number of anilines is 2. The van der Waals surface area contributed by atoms with Crippen LogP contribution in [0.1, 0.15) is 24.9 Å². The van der Waals surface area contributed by atoms with E-state index < -0.39 is 0 Å². The Bertz CT molecular complexity index is 556. The Morgan fingerprint density at radius 1 is 1.11 bits per heavy atom. The minimum absolute atomic E-state index is 0.195. The summed E-state index contributed by atoms with van der Waals surface area (Å²) in [5.41, 5.74) is 8.59. The number of hydrogen-bond acceptors (Lipinski definition) is 2. The summed E-state index contributed by atoms with van der Waals surface area (Å²) in [6.45, 7) is 2.12. The van der Waals surface area contributed by atoms with Gasteiger partial charge in [-0.15, -0.1) is 0 Å². The van der Waals surface area contributed by atoms with Gasteiger partial charge in [-0.05, 0) is 24.1 Å². The van der Waals surface area contributed by atoms with Crippen LogP contribution in [-0.2, 0) is 0 Å². The molecule has 0 heterocycles. The van der Waals surface area contributed by atoms with Crippen molar-refractivity contribution in [3.05, 3.63) is 58.1 Å². The second-order valence-electron chi connectivity index (χ2n) is 4.37. The van der Waals surface area contributed by atoms with Gasteiger partial charge in [0.1, 0.15) is 0 Å². The number of rotatable bonds is 4. The molecule has 0 spiro atoms. The Hall–Kier alpha value is -1.38.